The molecule has 0 aromatic heterocycles. The summed E-state index contributed by atoms with van der Waals surface area (Å²) in [7, 11) is 0. The van der Waals surface area contributed by atoms with Crippen LogP contribution in [0.5, 0.6) is 0 Å². The Morgan fingerprint density at radius 1 is 1.44 bits per heavy atom. The lowest BCUT2D eigenvalue weighted by molar-refractivity contribution is -0.138. The quantitative estimate of drug-likeness (QED) is 0.665. The van der Waals surface area contributed by atoms with E-state index in [0.29, 0.717) is 25.7 Å². The van der Waals surface area contributed by atoms with Crippen molar-refractivity contribution in [1.82, 2.24) is 4.90 Å². The Morgan fingerprint density at radius 2 is 2.12 bits per heavy atom. The normalized spacial score (nSPS) is 16.6. The van der Waals surface area contributed by atoms with Crippen LogP contribution in [0.15, 0.2) is 0 Å². The molecule has 1 aliphatic rings. The zero-order valence-corrected chi connectivity index (χ0v) is 10.3. The smallest absolute Gasteiger partial charge is 0.248 e. The second-order valence-electron chi connectivity index (χ2n) is 4.37. The van der Waals surface area contributed by atoms with Gasteiger partial charge in [0.05, 0.1) is 0 Å². The van der Waals surface area contributed by atoms with Crippen molar-refractivity contribution in [3.05, 3.63) is 0 Å². The maximum atomic E-state index is 11.9. The van der Waals surface area contributed by atoms with E-state index >= 15 is 0 Å². The fourth-order valence-electron chi connectivity index (χ4n) is 2.25. The second-order valence-corrected chi connectivity index (χ2v) is 4.37. The van der Waals surface area contributed by atoms with E-state index in [0.717, 1.165) is 19.3 Å². The van der Waals surface area contributed by atoms with Gasteiger partial charge in [-0.25, -0.2) is 0 Å². The van der Waals surface area contributed by atoms with Crippen molar-refractivity contribution in [1.29, 1.82) is 0 Å². The van der Waals surface area contributed by atoms with Gasteiger partial charge >= 0.3 is 0 Å². The SMILES string of the molecule is CCCOCC(=O)N(CCN)C1CCCC1. The van der Waals surface area contributed by atoms with E-state index in [2.05, 4.69) is 0 Å². The van der Waals surface area contributed by atoms with E-state index in [1.165, 1.54) is 12.8 Å². The number of carbonyl (C=O) groups excluding carboxylic acids is 1. The molecule has 0 spiro atoms. The Bertz CT molecular complexity index is 203. The molecule has 1 fully saturated rings. The number of ether oxygens (including phenoxy) is 1. The molecule has 16 heavy (non-hydrogen) atoms. The predicted molar refractivity (Wildman–Crippen MR) is 64.1 cm³/mol. The highest BCUT2D eigenvalue weighted by molar-refractivity contribution is 5.77. The molecule has 94 valence electrons. The first-order valence-electron chi connectivity index (χ1n) is 6.36. The third kappa shape index (κ3) is 4.10. The number of carbonyl (C=O) groups is 1. The Balaban J connectivity index is 2.38. The molecular weight excluding hydrogens is 204 g/mol. The summed E-state index contributed by atoms with van der Waals surface area (Å²) in [6.07, 6.45) is 5.66. The molecule has 1 rings (SSSR count). The van der Waals surface area contributed by atoms with Gasteiger partial charge in [0.25, 0.3) is 0 Å². The Labute approximate surface area is 98.1 Å². The van der Waals surface area contributed by atoms with E-state index < -0.39 is 0 Å². The average Bonchev–Trinajstić information content (AvgIpc) is 2.79. The van der Waals surface area contributed by atoms with Crippen molar-refractivity contribution in [3.8, 4) is 0 Å². The first-order valence-corrected chi connectivity index (χ1v) is 6.36. The second kappa shape index (κ2) is 7.63. The van der Waals surface area contributed by atoms with Crippen LogP contribution in [-0.4, -0.2) is 43.2 Å². The molecule has 2 N–H and O–H groups in total. The molecule has 0 radical (unpaired) electrons. The molecule has 4 heteroatoms. The first-order chi connectivity index (χ1) is 7.79. The summed E-state index contributed by atoms with van der Waals surface area (Å²) < 4.78 is 5.30. The van der Waals surface area contributed by atoms with Crippen LogP contribution < -0.4 is 5.73 Å². The Morgan fingerprint density at radius 3 is 2.69 bits per heavy atom. The molecule has 0 unspecified atom stereocenters. The lowest BCUT2D eigenvalue weighted by Crippen LogP contribution is -2.43. The van der Waals surface area contributed by atoms with Crippen LogP contribution in [0.2, 0.25) is 0 Å². The number of rotatable bonds is 7. The largest absolute Gasteiger partial charge is 0.372 e. The number of hydrogen-bond acceptors (Lipinski definition) is 3. The number of hydrogen-bond donors (Lipinski definition) is 1. The maximum absolute atomic E-state index is 11.9. The van der Waals surface area contributed by atoms with E-state index in [1.807, 2.05) is 11.8 Å². The van der Waals surface area contributed by atoms with E-state index in [9.17, 15) is 4.79 Å². The zero-order chi connectivity index (χ0) is 11.8. The molecule has 0 atom stereocenters. The van der Waals surface area contributed by atoms with Crippen molar-refractivity contribution < 1.29 is 9.53 Å². The van der Waals surface area contributed by atoms with Crippen LogP contribution >= 0.6 is 0 Å². The molecule has 0 aromatic rings. The number of nitrogens with zero attached hydrogens (tertiary/aromatic N) is 1. The van der Waals surface area contributed by atoms with Gasteiger partial charge in [-0.15, -0.1) is 0 Å². The third-order valence-electron chi connectivity index (χ3n) is 3.03. The standard InChI is InChI=1S/C12H24N2O2/c1-2-9-16-10-12(15)14(8-7-13)11-5-3-4-6-11/h11H,2-10,13H2,1H3. The number of amides is 1. The molecule has 0 saturated heterocycles. The fraction of sp³-hybridized carbons (Fsp3) is 0.917. The summed E-state index contributed by atoms with van der Waals surface area (Å²) in [5.74, 6) is 0.103. The zero-order valence-electron chi connectivity index (χ0n) is 10.3. The van der Waals surface area contributed by atoms with Crippen molar-refractivity contribution in [3.63, 3.8) is 0 Å². The van der Waals surface area contributed by atoms with Crippen LogP contribution in [-0.2, 0) is 9.53 Å². The van der Waals surface area contributed by atoms with Gasteiger partial charge in [0.15, 0.2) is 0 Å². The lowest BCUT2D eigenvalue weighted by atomic mass is 10.2. The minimum atomic E-state index is 0.103. The van der Waals surface area contributed by atoms with Crippen LogP contribution in [0.3, 0.4) is 0 Å². The van der Waals surface area contributed by atoms with Crippen molar-refractivity contribution >= 4 is 5.91 Å². The van der Waals surface area contributed by atoms with Gasteiger partial charge < -0.3 is 15.4 Å². The predicted octanol–water partition coefficient (Wildman–Crippen LogP) is 1.14. The van der Waals surface area contributed by atoms with Crippen molar-refractivity contribution in [2.45, 2.75) is 45.1 Å². The monoisotopic (exact) mass is 228 g/mol. The summed E-state index contributed by atoms with van der Waals surface area (Å²) in [5.41, 5.74) is 5.55. The molecule has 0 aromatic carbocycles. The average molecular weight is 228 g/mol. The summed E-state index contributed by atoms with van der Waals surface area (Å²) in [6, 6.07) is 0.404. The van der Waals surface area contributed by atoms with Crippen molar-refractivity contribution in [2.75, 3.05) is 26.3 Å². The Kier molecular flexibility index (Phi) is 6.42. The van der Waals surface area contributed by atoms with E-state index in [-0.39, 0.29) is 12.5 Å². The molecule has 4 nitrogen and oxygen atoms in total. The third-order valence-corrected chi connectivity index (χ3v) is 3.03. The highest BCUT2D eigenvalue weighted by atomic mass is 16.5. The Hall–Kier alpha value is -0.610. The van der Waals surface area contributed by atoms with Gasteiger partial charge in [0.2, 0.25) is 5.91 Å². The molecular formula is C12H24N2O2. The van der Waals surface area contributed by atoms with Gasteiger partial charge in [-0.2, -0.15) is 0 Å². The van der Waals surface area contributed by atoms with Gasteiger partial charge in [0, 0.05) is 25.7 Å². The summed E-state index contributed by atoms with van der Waals surface area (Å²) in [5, 5.41) is 0. The molecule has 1 aliphatic carbocycles. The van der Waals surface area contributed by atoms with Gasteiger partial charge in [-0.1, -0.05) is 19.8 Å². The van der Waals surface area contributed by atoms with Gasteiger partial charge in [0.1, 0.15) is 6.61 Å². The van der Waals surface area contributed by atoms with Crippen LogP contribution in [0, 0.1) is 0 Å². The highest BCUT2D eigenvalue weighted by Gasteiger charge is 2.25. The molecule has 0 aliphatic heterocycles. The van der Waals surface area contributed by atoms with Crippen LogP contribution in [0.25, 0.3) is 0 Å². The lowest BCUT2D eigenvalue weighted by Gasteiger charge is -2.28. The minimum Gasteiger partial charge on any atom is -0.372 e. The van der Waals surface area contributed by atoms with Crippen LogP contribution in [0.4, 0.5) is 0 Å². The van der Waals surface area contributed by atoms with Gasteiger partial charge in [-0.3, -0.25) is 4.79 Å². The van der Waals surface area contributed by atoms with Gasteiger partial charge in [-0.05, 0) is 19.3 Å². The maximum Gasteiger partial charge on any atom is 0.248 e. The molecule has 0 bridgehead atoms. The summed E-state index contributed by atoms with van der Waals surface area (Å²) >= 11 is 0. The van der Waals surface area contributed by atoms with E-state index in [1.54, 1.807) is 0 Å². The molecule has 1 amide bonds. The summed E-state index contributed by atoms with van der Waals surface area (Å²) in [6.45, 7) is 4.12. The highest BCUT2D eigenvalue weighted by Crippen LogP contribution is 2.23. The number of nitrogens with two attached hydrogens (primary N) is 1. The van der Waals surface area contributed by atoms with Crippen LogP contribution in [0.1, 0.15) is 39.0 Å². The summed E-state index contributed by atoms with van der Waals surface area (Å²) in [4.78, 5) is 13.9. The van der Waals surface area contributed by atoms with E-state index in [4.69, 9.17) is 10.5 Å². The first kappa shape index (κ1) is 13.5. The minimum absolute atomic E-state index is 0.103. The molecule has 0 heterocycles. The molecule has 1 saturated carbocycles. The van der Waals surface area contributed by atoms with Crippen molar-refractivity contribution in [2.24, 2.45) is 5.73 Å². The fourth-order valence-corrected chi connectivity index (χ4v) is 2.25. The topological polar surface area (TPSA) is 55.6 Å².